The van der Waals surface area contributed by atoms with Crippen molar-refractivity contribution in [2.45, 2.75) is 0 Å². The fourth-order valence-electron chi connectivity index (χ4n) is 0. The molecule has 0 aromatic rings. The summed E-state index contributed by atoms with van der Waals surface area (Å²) >= 11 is 0. The van der Waals surface area contributed by atoms with Crippen LogP contribution >= 0.6 is 0 Å². The van der Waals surface area contributed by atoms with Crippen molar-refractivity contribution in [3.05, 3.63) is 0 Å². The Morgan fingerprint density at radius 1 is 0.364 bits per heavy atom. The van der Waals surface area contributed by atoms with Crippen molar-refractivity contribution in [1.82, 2.24) is 0 Å². The Bertz CT molecular complexity index is 93.4. The van der Waals surface area contributed by atoms with Gasteiger partial charge >= 0.3 is 0 Å². The van der Waals surface area contributed by atoms with E-state index < -0.39 is 30.7 Å². The van der Waals surface area contributed by atoms with Gasteiger partial charge in [-0.2, -0.15) is 41.9 Å². The summed E-state index contributed by atoms with van der Waals surface area (Å²) in [5.74, 6) is 0. The van der Waals surface area contributed by atoms with E-state index in [1.54, 1.807) is 0 Å². The molecule has 0 aromatic heterocycles. The molecular weight excluding hydrogens is 562 g/mol. The van der Waals surface area contributed by atoms with E-state index in [-0.39, 0.29) is 70.2 Å². The molecule has 22 heavy (non-hydrogen) atoms. The maximum absolute atomic E-state index is 8.60. The van der Waals surface area contributed by atoms with Gasteiger partial charge in [0.25, 0.3) is 0 Å². The summed E-state index contributed by atoms with van der Waals surface area (Å²) in [5, 5.41) is 0. The second-order valence-corrected chi connectivity index (χ2v) is 3.56. The average Bonchev–Trinajstić information content (AvgIpc) is 1.41. The molecule has 18 nitrogen and oxygen atoms in total. The van der Waals surface area contributed by atoms with E-state index in [0.717, 1.165) is 0 Å². The van der Waals surface area contributed by atoms with Crippen LogP contribution in [0.15, 0.2) is 0 Å². The fraction of sp³-hybridized carbons (Fsp3) is 0. The number of rotatable bonds is 0. The average molecular weight is 577 g/mol. The molecule has 22 heteroatoms. The Balaban J connectivity index is -0.0000000106. The van der Waals surface area contributed by atoms with Crippen LogP contribution in [0, 0.1) is 68.0 Å². The first-order valence-electron chi connectivity index (χ1n) is 1.90. The van der Waals surface area contributed by atoms with Gasteiger partial charge in [-0.15, -0.1) is 0 Å². The normalized spacial score (nSPS) is 8.18. The SMILES string of the molecule is O.O.O.O.O.O.[Er].[O-][Cl+3]([O-])([O-])O.[O-][Cl+3]([O-])([O-])O.[O-][Cl+3]([O-])([O-])O. The molecule has 0 aliphatic heterocycles. The zero-order chi connectivity index (χ0) is 13.5. The van der Waals surface area contributed by atoms with Crippen LogP contribution in [-0.2, 0) is 0 Å². The minimum Gasteiger partial charge on any atom is -0.412 e. The van der Waals surface area contributed by atoms with E-state index in [4.69, 9.17) is 55.9 Å². The van der Waals surface area contributed by atoms with Crippen LogP contribution in [0.3, 0.4) is 0 Å². The summed E-state index contributed by atoms with van der Waals surface area (Å²) in [7, 11) is -14.1. The molecule has 0 rings (SSSR count). The molecule has 0 saturated heterocycles. The van der Waals surface area contributed by atoms with E-state index in [9.17, 15) is 0 Å². The summed E-state index contributed by atoms with van der Waals surface area (Å²) in [4.78, 5) is 0. The Hall–Kier alpha value is 1.40. The standard InChI is InChI=1S/3ClHO4.Er.6H2O/c3*2-1(3,4)5;;;;;;;/h3*(H,2,3,4,5);;6*1H2. The van der Waals surface area contributed by atoms with Gasteiger partial charge in [0.2, 0.25) is 0 Å². The summed E-state index contributed by atoms with van der Waals surface area (Å²) in [6, 6.07) is 0. The van der Waals surface area contributed by atoms with Gasteiger partial charge in [-0.05, 0) is 0 Å². The maximum atomic E-state index is 8.60. The van der Waals surface area contributed by atoms with E-state index >= 15 is 0 Å². The van der Waals surface area contributed by atoms with Gasteiger partial charge in [-0.3, -0.25) is 0 Å². The van der Waals surface area contributed by atoms with Crippen molar-refractivity contribution < 1.29 is 157 Å². The summed E-state index contributed by atoms with van der Waals surface area (Å²) < 4.78 is 98.2. The van der Waals surface area contributed by atoms with Crippen molar-refractivity contribution in [3.8, 4) is 0 Å². The van der Waals surface area contributed by atoms with Crippen LogP contribution in [0.2, 0.25) is 0 Å². The first-order valence-corrected chi connectivity index (χ1v) is 5.69. The maximum Gasteiger partial charge on any atom is 0.0777 e. The van der Waals surface area contributed by atoms with Gasteiger partial charge < -0.3 is 32.9 Å². The Kier molecular flexibility index (Phi) is 81.0. The predicted molar refractivity (Wildman–Crippen MR) is 28.3 cm³/mol. The van der Waals surface area contributed by atoms with Gasteiger partial charge in [0, 0.05) is 37.3 Å². The molecule has 0 unspecified atom stereocenters. The van der Waals surface area contributed by atoms with Crippen molar-refractivity contribution in [2.75, 3.05) is 0 Å². The minimum absolute atomic E-state index is 0. The monoisotopic (exact) mass is 574 g/mol. The fourth-order valence-corrected chi connectivity index (χ4v) is 0. The van der Waals surface area contributed by atoms with Crippen LogP contribution in [0.1, 0.15) is 0 Å². The zero-order valence-electron chi connectivity index (χ0n) is 9.44. The minimum atomic E-state index is -4.69. The third kappa shape index (κ3) is 4560. The van der Waals surface area contributed by atoms with Crippen molar-refractivity contribution in [3.63, 3.8) is 0 Å². The largest absolute Gasteiger partial charge is 0.412 e. The number of halogens is 3. The van der Waals surface area contributed by atoms with Gasteiger partial charge in [0.1, 0.15) is 0 Å². The van der Waals surface area contributed by atoms with E-state index in [2.05, 4.69) is 0 Å². The summed E-state index contributed by atoms with van der Waals surface area (Å²) in [6.07, 6.45) is 0. The first-order chi connectivity index (χ1) is 6.00. The second-order valence-electron chi connectivity index (χ2n) is 1.19. The van der Waals surface area contributed by atoms with Crippen LogP contribution < -0.4 is 41.9 Å². The molecule has 0 bridgehead atoms. The molecule has 0 amide bonds. The molecular formula is H15Cl3ErO18. The predicted octanol–water partition coefficient (Wildman–Crippen LogP) is -17.3. The van der Waals surface area contributed by atoms with Crippen LogP contribution in [-0.4, -0.2) is 46.8 Å². The van der Waals surface area contributed by atoms with Gasteiger partial charge in [0.15, 0.2) is 0 Å². The summed E-state index contributed by atoms with van der Waals surface area (Å²) in [5.41, 5.74) is 0. The third-order valence-electron chi connectivity index (χ3n) is 0. The molecule has 0 aliphatic rings. The Morgan fingerprint density at radius 3 is 0.364 bits per heavy atom. The van der Waals surface area contributed by atoms with Crippen molar-refractivity contribution in [2.24, 2.45) is 0 Å². The quantitative estimate of drug-likeness (QED) is 0.242. The smallest absolute Gasteiger partial charge is 0.0777 e. The van der Waals surface area contributed by atoms with E-state index in [1.165, 1.54) is 0 Å². The zero-order valence-corrected chi connectivity index (χ0v) is 13.6. The molecule has 0 fully saturated rings. The second kappa shape index (κ2) is 27.3. The van der Waals surface area contributed by atoms with Gasteiger partial charge in [-0.1, -0.05) is 0 Å². The van der Waals surface area contributed by atoms with Crippen molar-refractivity contribution >= 4 is 0 Å². The number of hydrogen-bond donors (Lipinski definition) is 3. The topological polar surface area (TPSA) is 457 Å². The van der Waals surface area contributed by atoms with E-state index in [1.807, 2.05) is 0 Å². The third-order valence-corrected chi connectivity index (χ3v) is 0. The molecule has 156 valence electrons. The molecule has 15 N–H and O–H groups in total. The van der Waals surface area contributed by atoms with Crippen LogP contribution in [0.5, 0.6) is 0 Å². The van der Waals surface area contributed by atoms with Crippen LogP contribution in [0.25, 0.3) is 0 Å². The molecule has 0 spiro atoms. The number of hydrogen-bond acceptors (Lipinski definition) is 12. The van der Waals surface area contributed by atoms with Gasteiger partial charge in [0.05, 0.1) is 44.7 Å². The molecule has 0 atom stereocenters. The molecule has 0 saturated carbocycles. The molecule has 0 aliphatic carbocycles. The van der Waals surface area contributed by atoms with Crippen molar-refractivity contribution in [1.29, 1.82) is 0 Å². The first kappa shape index (κ1) is 65.4. The van der Waals surface area contributed by atoms with Gasteiger partial charge in [-0.25, -0.2) is 0 Å². The molecule has 0 heterocycles. The molecule has 0 radical (unpaired) electrons. The summed E-state index contributed by atoms with van der Waals surface area (Å²) in [6.45, 7) is 0. The van der Waals surface area contributed by atoms with E-state index in [0.29, 0.717) is 0 Å². The Morgan fingerprint density at radius 2 is 0.364 bits per heavy atom. The Labute approximate surface area is 156 Å². The molecule has 0 aromatic carbocycles. The van der Waals surface area contributed by atoms with Crippen LogP contribution in [0.4, 0.5) is 0 Å².